The molecule has 2 N–H and O–H groups in total. The highest BCUT2D eigenvalue weighted by atomic mass is 19.4. The normalized spacial score (nSPS) is 14.8. The lowest BCUT2D eigenvalue weighted by Gasteiger charge is -2.25. The van der Waals surface area contributed by atoms with E-state index in [0.717, 1.165) is 0 Å². The van der Waals surface area contributed by atoms with Crippen molar-refractivity contribution in [3.05, 3.63) is 35.9 Å². The van der Waals surface area contributed by atoms with Gasteiger partial charge in [-0.15, -0.1) is 0 Å². The van der Waals surface area contributed by atoms with Gasteiger partial charge in [-0.3, -0.25) is 5.32 Å². The van der Waals surface area contributed by atoms with E-state index in [4.69, 9.17) is 5.26 Å². The number of benzene rings is 1. The van der Waals surface area contributed by atoms with Gasteiger partial charge < -0.3 is 5.11 Å². The maximum Gasteiger partial charge on any atom is 0.406 e. The summed E-state index contributed by atoms with van der Waals surface area (Å²) in [6.45, 7) is -0.0203. The van der Waals surface area contributed by atoms with Crippen LogP contribution < -0.4 is 5.32 Å². The molecule has 0 aromatic heterocycles. The van der Waals surface area contributed by atoms with Crippen LogP contribution in [0.2, 0.25) is 0 Å². The SMILES string of the molecule is N#CCC(O)C(NCc1ccccc1)C(F)(F)F. The van der Waals surface area contributed by atoms with Gasteiger partial charge in [-0.05, 0) is 5.56 Å². The zero-order valence-corrected chi connectivity index (χ0v) is 9.48. The number of aliphatic hydroxyl groups excluding tert-OH is 1. The largest absolute Gasteiger partial charge is 0.406 e. The second-order valence-corrected chi connectivity index (χ2v) is 3.82. The molecule has 0 spiro atoms. The molecule has 3 nitrogen and oxygen atoms in total. The van der Waals surface area contributed by atoms with Crippen LogP contribution in [0.1, 0.15) is 12.0 Å². The fourth-order valence-corrected chi connectivity index (χ4v) is 1.50. The zero-order valence-electron chi connectivity index (χ0n) is 9.48. The summed E-state index contributed by atoms with van der Waals surface area (Å²) in [5.74, 6) is 0. The molecule has 18 heavy (non-hydrogen) atoms. The number of rotatable bonds is 5. The van der Waals surface area contributed by atoms with E-state index in [-0.39, 0.29) is 6.54 Å². The van der Waals surface area contributed by atoms with Crippen molar-refractivity contribution in [2.24, 2.45) is 0 Å². The molecule has 0 radical (unpaired) electrons. The minimum absolute atomic E-state index is 0.0203. The number of alkyl halides is 3. The van der Waals surface area contributed by atoms with Gasteiger partial charge in [-0.25, -0.2) is 0 Å². The van der Waals surface area contributed by atoms with Crippen molar-refractivity contribution in [1.82, 2.24) is 5.32 Å². The highest BCUT2D eigenvalue weighted by Crippen LogP contribution is 2.24. The zero-order chi connectivity index (χ0) is 13.6. The second kappa shape index (κ2) is 6.38. The van der Waals surface area contributed by atoms with E-state index >= 15 is 0 Å². The topological polar surface area (TPSA) is 56.0 Å². The van der Waals surface area contributed by atoms with E-state index in [1.54, 1.807) is 30.3 Å². The minimum atomic E-state index is -4.59. The first-order chi connectivity index (χ1) is 8.45. The van der Waals surface area contributed by atoms with Gasteiger partial charge in [0.1, 0.15) is 6.04 Å². The summed E-state index contributed by atoms with van der Waals surface area (Å²) < 4.78 is 38.0. The number of nitrogens with one attached hydrogen (secondary N) is 1. The Kier molecular flexibility index (Phi) is 5.13. The Morgan fingerprint density at radius 1 is 1.28 bits per heavy atom. The van der Waals surface area contributed by atoms with Crippen LogP contribution in [0, 0.1) is 11.3 Å². The summed E-state index contributed by atoms with van der Waals surface area (Å²) in [7, 11) is 0. The first kappa shape index (κ1) is 14.5. The molecular formula is C12H13F3N2O. The Morgan fingerprint density at radius 2 is 1.89 bits per heavy atom. The molecule has 0 aliphatic rings. The molecule has 98 valence electrons. The number of nitrogens with zero attached hydrogens (tertiary/aromatic N) is 1. The van der Waals surface area contributed by atoms with Crippen LogP contribution in [-0.4, -0.2) is 23.4 Å². The lowest BCUT2D eigenvalue weighted by molar-refractivity contribution is -0.177. The highest BCUT2D eigenvalue weighted by molar-refractivity contribution is 5.14. The monoisotopic (exact) mass is 258 g/mol. The molecule has 0 aliphatic heterocycles. The van der Waals surface area contributed by atoms with Crippen molar-refractivity contribution < 1.29 is 18.3 Å². The van der Waals surface area contributed by atoms with E-state index in [0.29, 0.717) is 5.56 Å². The number of hydrogen-bond donors (Lipinski definition) is 2. The molecule has 0 heterocycles. The van der Waals surface area contributed by atoms with E-state index < -0.39 is 24.7 Å². The fourth-order valence-electron chi connectivity index (χ4n) is 1.50. The van der Waals surface area contributed by atoms with Crippen molar-refractivity contribution in [1.29, 1.82) is 5.26 Å². The molecule has 0 saturated heterocycles. The molecule has 2 unspecified atom stereocenters. The quantitative estimate of drug-likeness (QED) is 0.849. The summed E-state index contributed by atoms with van der Waals surface area (Å²) in [5.41, 5.74) is 0.677. The van der Waals surface area contributed by atoms with Crippen LogP contribution in [0.15, 0.2) is 30.3 Å². The van der Waals surface area contributed by atoms with Crippen LogP contribution >= 0.6 is 0 Å². The maximum absolute atomic E-state index is 12.7. The van der Waals surface area contributed by atoms with Crippen molar-refractivity contribution in [2.45, 2.75) is 31.3 Å². The number of halogens is 3. The Labute approximate surface area is 103 Å². The molecule has 1 aromatic carbocycles. The van der Waals surface area contributed by atoms with Crippen LogP contribution in [0.25, 0.3) is 0 Å². The molecular weight excluding hydrogens is 245 g/mol. The standard InChI is InChI=1S/C12H13F3N2O/c13-12(14,15)11(10(18)6-7-16)17-8-9-4-2-1-3-5-9/h1-5,10-11,17-18H,6,8H2. The Hall–Kier alpha value is -1.58. The van der Waals surface area contributed by atoms with E-state index in [2.05, 4.69) is 5.32 Å². The van der Waals surface area contributed by atoms with Gasteiger partial charge >= 0.3 is 6.18 Å². The molecule has 2 atom stereocenters. The molecule has 0 bridgehead atoms. The summed E-state index contributed by atoms with van der Waals surface area (Å²) in [4.78, 5) is 0. The summed E-state index contributed by atoms with van der Waals surface area (Å²) in [6, 6.07) is 7.97. The maximum atomic E-state index is 12.7. The molecule has 1 rings (SSSR count). The van der Waals surface area contributed by atoms with Crippen LogP contribution in [0.3, 0.4) is 0 Å². The van der Waals surface area contributed by atoms with Gasteiger partial charge in [0, 0.05) is 6.54 Å². The number of aliphatic hydroxyl groups is 1. The van der Waals surface area contributed by atoms with E-state index in [1.807, 2.05) is 0 Å². The first-order valence-electron chi connectivity index (χ1n) is 5.34. The van der Waals surface area contributed by atoms with E-state index in [9.17, 15) is 18.3 Å². The average Bonchev–Trinajstić information content (AvgIpc) is 2.29. The van der Waals surface area contributed by atoms with E-state index in [1.165, 1.54) is 6.07 Å². The lowest BCUT2D eigenvalue weighted by atomic mass is 10.1. The van der Waals surface area contributed by atoms with Crippen LogP contribution in [0.5, 0.6) is 0 Å². The third-order valence-corrected chi connectivity index (χ3v) is 2.41. The molecule has 6 heteroatoms. The van der Waals surface area contributed by atoms with Crippen molar-refractivity contribution in [3.63, 3.8) is 0 Å². The van der Waals surface area contributed by atoms with Gasteiger partial charge in [0.2, 0.25) is 0 Å². The Morgan fingerprint density at radius 3 is 2.39 bits per heavy atom. The van der Waals surface area contributed by atoms with Gasteiger partial charge in [0.15, 0.2) is 0 Å². The summed E-state index contributed by atoms with van der Waals surface area (Å²) in [5, 5.41) is 19.9. The smallest absolute Gasteiger partial charge is 0.390 e. The summed E-state index contributed by atoms with van der Waals surface area (Å²) >= 11 is 0. The van der Waals surface area contributed by atoms with Crippen molar-refractivity contribution in [3.8, 4) is 6.07 Å². The second-order valence-electron chi connectivity index (χ2n) is 3.82. The minimum Gasteiger partial charge on any atom is -0.390 e. The third-order valence-electron chi connectivity index (χ3n) is 2.41. The third kappa shape index (κ3) is 4.35. The van der Waals surface area contributed by atoms with Gasteiger partial charge in [0.05, 0.1) is 18.6 Å². The highest BCUT2D eigenvalue weighted by Gasteiger charge is 2.43. The molecule has 0 fully saturated rings. The molecule has 1 aromatic rings. The predicted octanol–water partition coefficient (Wildman–Crippen LogP) is 1.98. The van der Waals surface area contributed by atoms with Crippen molar-refractivity contribution in [2.75, 3.05) is 0 Å². The number of hydrogen-bond acceptors (Lipinski definition) is 3. The van der Waals surface area contributed by atoms with Crippen LogP contribution in [0.4, 0.5) is 13.2 Å². The Balaban J connectivity index is 2.66. The summed E-state index contributed by atoms with van der Waals surface area (Å²) in [6.07, 6.45) is -6.92. The molecule has 0 amide bonds. The lowest BCUT2D eigenvalue weighted by Crippen LogP contribution is -2.50. The fraction of sp³-hybridized carbons (Fsp3) is 0.417. The first-order valence-corrected chi connectivity index (χ1v) is 5.34. The average molecular weight is 258 g/mol. The van der Waals surface area contributed by atoms with Gasteiger partial charge in [-0.1, -0.05) is 30.3 Å². The molecule has 0 saturated carbocycles. The van der Waals surface area contributed by atoms with Crippen LogP contribution in [-0.2, 0) is 6.54 Å². The van der Waals surface area contributed by atoms with Crippen molar-refractivity contribution >= 4 is 0 Å². The Bertz CT molecular complexity index is 400. The molecule has 0 aliphatic carbocycles. The number of nitriles is 1. The predicted molar refractivity (Wildman–Crippen MR) is 59.4 cm³/mol. The van der Waals surface area contributed by atoms with Gasteiger partial charge in [0.25, 0.3) is 0 Å². The van der Waals surface area contributed by atoms with Gasteiger partial charge in [-0.2, -0.15) is 18.4 Å².